The van der Waals surface area contributed by atoms with E-state index in [1.54, 1.807) is 0 Å². The Morgan fingerprint density at radius 2 is 1.83 bits per heavy atom. The number of nitrogens with one attached hydrogen (secondary N) is 1. The molecule has 3 heteroatoms. The summed E-state index contributed by atoms with van der Waals surface area (Å²) in [4.78, 5) is 12.3. The summed E-state index contributed by atoms with van der Waals surface area (Å²) < 4.78 is 0. The molecule has 1 aromatic rings. The monoisotopic (exact) mass is 311 g/mol. The molecule has 1 unspecified atom stereocenters. The van der Waals surface area contributed by atoms with Gasteiger partial charge in [-0.2, -0.15) is 0 Å². The molecular formula is C15H22BrNO. The van der Waals surface area contributed by atoms with E-state index in [1.807, 2.05) is 26.0 Å². The SMILES string of the molecule is CCC(C)(CCBr)NC(=O)c1cc(C)cc(C)c1. The standard InChI is InChI=1S/C15H22BrNO/c1-5-15(4,6-7-16)17-14(18)13-9-11(2)8-12(3)10-13/h8-10H,5-7H2,1-4H3,(H,17,18). The van der Waals surface area contributed by atoms with Crippen LogP contribution in [0.1, 0.15) is 48.2 Å². The Hall–Kier alpha value is -0.830. The second kappa shape index (κ2) is 6.37. The van der Waals surface area contributed by atoms with E-state index in [4.69, 9.17) is 0 Å². The number of amides is 1. The fraction of sp³-hybridized carbons (Fsp3) is 0.533. The number of rotatable bonds is 5. The highest BCUT2D eigenvalue weighted by atomic mass is 79.9. The fourth-order valence-electron chi connectivity index (χ4n) is 1.99. The van der Waals surface area contributed by atoms with Crippen molar-refractivity contribution in [3.8, 4) is 0 Å². The third-order valence-corrected chi connectivity index (χ3v) is 3.72. The van der Waals surface area contributed by atoms with E-state index >= 15 is 0 Å². The van der Waals surface area contributed by atoms with Crippen LogP contribution in [0.5, 0.6) is 0 Å². The van der Waals surface area contributed by atoms with Crippen LogP contribution in [0.25, 0.3) is 0 Å². The van der Waals surface area contributed by atoms with Crippen molar-refractivity contribution in [3.05, 3.63) is 34.9 Å². The van der Waals surface area contributed by atoms with Gasteiger partial charge in [-0.25, -0.2) is 0 Å². The average molecular weight is 312 g/mol. The molecule has 0 saturated carbocycles. The lowest BCUT2D eigenvalue weighted by atomic mass is 9.94. The number of alkyl halides is 1. The van der Waals surface area contributed by atoms with Gasteiger partial charge in [-0.15, -0.1) is 0 Å². The van der Waals surface area contributed by atoms with Gasteiger partial charge in [0.25, 0.3) is 5.91 Å². The molecule has 1 rings (SSSR count). The predicted molar refractivity (Wildman–Crippen MR) is 80.5 cm³/mol. The second-order valence-corrected chi connectivity index (χ2v) is 5.98. The molecular weight excluding hydrogens is 290 g/mol. The molecule has 1 N–H and O–H groups in total. The van der Waals surface area contributed by atoms with E-state index < -0.39 is 0 Å². The highest BCUT2D eigenvalue weighted by molar-refractivity contribution is 9.09. The first-order chi connectivity index (χ1) is 8.40. The number of carbonyl (C=O) groups excluding carboxylic acids is 1. The third kappa shape index (κ3) is 4.13. The molecule has 1 atom stereocenters. The first kappa shape index (κ1) is 15.2. The van der Waals surface area contributed by atoms with Crippen molar-refractivity contribution >= 4 is 21.8 Å². The lowest BCUT2D eigenvalue weighted by molar-refractivity contribution is 0.0901. The molecule has 0 heterocycles. The molecule has 0 aliphatic carbocycles. The maximum Gasteiger partial charge on any atom is 0.251 e. The van der Waals surface area contributed by atoms with Crippen LogP contribution in [-0.2, 0) is 0 Å². The van der Waals surface area contributed by atoms with Crippen molar-refractivity contribution in [2.75, 3.05) is 5.33 Å². The summed E-state index contributed by atoms with van der Waals surface area (Å²) >= 11 is 3.44. The van der Waals surface area contributed by atoms with E-state index in [1.165, 1.54) is 0 Å². The summed E-state index contributed by atoms with van der Waals surface area (Å²) in [6.45, 7) is 8.22. The van der Waals surface area contributed by atoms with Crippen LogP contribution in [0, 0.1) is 13.8 Å². The second-order valence-electron chi connectivity index (χ2n) is 5.18. The number of benzene rings is 1. The van der Waals surface area contributed by atoms with Gasteiger partial charge < -0.3 is 5.32 Å². The van der Waals surface area contributed by atoms with Crippen molar-refractivity contribution in [3.63, 3.8) is 0 Å². The topological polar surface area (TPSA) is 29.1 Å². The molecule has 0 aromatic heterocycles. The van der Waals surface area contributed by atoms with Crippen molar-refractivity contribution in [1.82, 2.24) is 5.32 Å². The Kier molecular flexibility index (Phi) is 5.39. The summed E-state index contributed by atoms with van der Waals surface area (Å²) in [6, 6.07) is 5.95. The van der Waals surface area contributed by atoms with Gasteiger partial charge in [-0.3, -0.25) is 4.79 Å². The van der Waals surface area contributed by atoms with Gasteiger partial charge in [0.05, 0.1) is 0 Å². The van der Waals surface area contributed by atoms with Gasteiger partial charge in [-0.05, 0) is 45.7 Å². The fourth-order valence-corrected chi connectivity index (χ4v) is 2.86. The smallest absolute Gasteiger partial charge is 0.251 e. The molecule has 0 fully saturated rings. The molecule has 0 saturated heterocycles. The molecule has 0 radical (unpaired) electrons. The van der Waals surface area contributed by atoms with Crippen molar-refractivity contribution in [2.45, 2.75) is 46.1 Å². The Morgan fingerprint density at radius 1 is 1.28 bits per heavy atom. The maximum absolute atomic E-state index is 12.3. The van der Waals surface area contributed by atoms with Gasteiger partial charge >= 0.3 is 0 Å². The van der Waals surface area contributed by atoms with Crippen molar-refractivity contribution in [2.24, 2.45) is 0 Å². The van der Waals surface area contributed by atoms with Crippen LogP contribution in [-0.4, -0.2) is 16.8 Å². The molecule has 0 aliphatic heterocycles. The van der Waals surface area contributed by atoms with E-state index in [9.17, 15) is 4.79 Å². The number of aryl methyl sites for hydroxylation is 2. The van der Waals surface area contributed by atoms with Crippen LogP contribution in [0.3, 0.4) is 0 Å². The Morgan fingerprint density at radius 3 is 2.28 bits per heavy atom. The number of halogens is 1. The third-order valence-electron chi connectivity index (χ3n) is 3.33. The zero-order valence-corrected chi connectivity index (χ0v) is 13.2. The molecule has 100 valence electrons. The molecule has 1 aromatic carbocycles. The molecule has 18 heavy (non-hydrogen) atoms. The predicted octanol–water partition coefficient (Wildman–Crippen LogP) is 3.99. The molecule has 0 bridgehead atoms. The van der Waals surface area contributed by atoms with E-state index in [2.05, 4.69) is 41.2 Å². The maximum atomic E-state index is 12.3. The minimum absolute atomic E-state index is 0.0205. The van der Waals surface area contributed by atoms with E-state index in [-0.39, 0.29) is 11.4 Å². The lowest BCUT2D eigenvalue weighted by Gasteiger charge is -2.29. The van der Waals surface area contributed by atoms with Crippen LogP contribution in [0.2, 0.25) is 0 Å². The first-order valence-electron chi connectivity index (χ1n) is 6.37. The Balaban J connectivity index is 2.87. The zero-order chi connectivity index (χ0) is 13.8. The first-order valence-corrected chi connectivity index (χ1v) is 7.49. The van der Waals surface area contributed by atoms with Crippen LogP contribution < -0.4 is 5.32 Å². The minimum atomic E-state index is -0.141. The van der Waals surface area contributed by atoms with Crippen molar-refractivity contribution in [1.29, 1.82) is 0 Å². The minimum Gasteiger partial charge on any atom is -0.347 e. The van der Waals surface area contributed by atoms with E-state index in [0.29, 0.717) is 0 Å². The summed E-state index contributed by atoms with van der Waals surface area (Å²) in [5, 5.41) is 4.04. The highest BCUT2D eigenvalue weighted by Gasteiger charge is 2.24. The molecule has 0 aliphatic rings. The normalized spacial score (nSPS) is 14.1. The Labute approximate surface area is 118 Å². The summed E-state index contributed by atoms with van der Waals surface area (Å²) in [5.41, 5.74) is 2.86. The van der Waals surface area contributed by atoms with Crippen molar-refractivity contribution < 1.29 is 4.79 Å². The molecule has 2 nitrogen and oxygen atoms in total. The van der Waals surface area contributed by atoms with Gasteiger partial charge in [0, 0.05) is 16.4 Å². The molecule has 1 amide bonds. The number of hydrogen-bond acceptors (Lipinski definition) is 1. The summed E-state index contributed by atoms with van der Waals surface area (Å²) in [7, 11) is 0. The van der Waals surface area contributed by atoms with Crippen LogP contribution in [0.15, 0.2) is 18.2 Å². The van der Waals surface area contributed by atoms with Crippen LogP contribution in [0.4, 0.5) is 0 Å². The number of hydrogen-bond donors (Lipinski definition) is 1. The largest absolute Gasteiger partial charge is 0.347 e. The zero-order valence-electron chi connectivity index (χ0n) is 11.6. The molecule has 0 spiro atoms. The van der Waals surface area contributed by atoms with Gasteiger partial charge in [0.1, 0.15) is 0 Å². The summed E-state index contributed by atoms with van der Waals surface area (Å²) in [6.07, 6.45) is 1.86. The number of carbonyl (C=O) groups is 1. The van der Waals surface area contributed by atoms with Gasteiger partial charge in [0.15, 0.2) is 0 Å². The van der Waals surface area contributed by atoms with Crippen LogP contribution >= 0.6 is 15.9 Å². The van der Waals surface area contributed by atoms with E-state index in [0.717, 1.165) is 34.9 Å². The summed E-state index contributed by atoms with van der Waals surface area (Å²) in [5.74, 6) is 0.0205. The highest BCUT2D eigenvalue weighted by Crippen LogP contribution is 2.17. The Bertz CT molecular complexity index is 410. The quantitative estimate of drug-likeness (QED) is 0.819. The van der Waals surface area contributed by atoms with Gasteiger partial charge in [0.2, 0.25) is 0 Å². The lowest BCUT2D eigenvalue weighted by Crippen LogP contribution is -2.45. The van der Waals surface area contributed by atoms with Gasteiger partial charge in [-0.1, -0.05) is 40.0 Å². The average Bonchev–Trinajstić information content (AvgIpc) is 2.28.